The highest BCUT2D eigenvalue weighted by molar-refractivity contribution is 5.93. The Hall–Kier alpha value is -3.06. The second-order valence-electron chi connectivity index (χ2n) is 6.40. The number of nitrogens with one attached hydrogen (secondary N) is 2. The number of rotatable bonds is 9. The molecule has 0 spiro atoms. The third-order valence-corrected chi connectivity index (χ3v) is 3.81. The largest absolute Gasteiger partial charge is 0.484 e. The zero-order chi connectivity index (χ0) is 20.4. The molecule has 0 aliphatic heterocycles. The molecule has 0 unspecified atom stereocenters. The molecule has 0 aromatic heterocycles. The van der Waals surface area contributed by atoms with E-state index in [4.69, 9.17) is 14.2 Å². The highest BCUT2D eigenvalue weighted by Gasteiger charge is 2.08. The average molecular weight is 386 g/mol. The normalized spacial score (nSPS) is 10.4. The third kappa shape index (κ3) is 7.28. The SMILES string of the molecule is COCCOC(=O)Nc1cccc(NC(=O)COc2cccc(C(C)C)c2)c1. The molecule has 2 aromatic carbocycles. The molecule has 0 saturated heterocycles. The van der Waals surface area contributed by atoms with Crippen molar-refractivity contribution in [3.05, 3.63) is 54.1 Å². The van der Waals surface area contributed by atoms with E-state index < -0.39 is 6.09 Å². The first-order valence-electron chi connectivity index (χ1n) is 9.03. The molecule has 0 fully saturated rings. The lowest BCUT2D eigenvalue weighted by atomic mass is 10.0. The van der Waals surface area contributed by atoms with Crippen molar-refractivity contribution < 1.29 is 23.8 Å². The van der Waals surface area contributed by atoms with Crippen LogP contribution in [-0.4, -0.2) is 38.9 Å². The molecule has 2 N–H and O–H groups in total. The molecule has 2 amide bonds. The van der Waals surface area contributed by atoms with Gasteiger partial charge in [-0.25, -0.2) is 4.79 Å². The van der Waals surface area contributed by atoms with Crippen LogP contribution in [0, 0.1) is 0 Å². The van der Waals surface area contributed by atoms with Gasteiger partial charge in [0.25, 0.3) is 5.91 Å². The Kier molecular flexibility index (Phi) is 8.30. The molecule has 0 atom stereocenters. The summed E-state index contributed by atoms with van der Waals surface area (Å²) >= 11 is 0. The summed E-state index contributed by atoms with van der Waals surface area (Å²) in [6.07, 6.45) is -0.589. The molecule has 0 bridgehead atoms. The van der Waals surface area contributed by atoms with Crippen LogP contribution in [0.1, 0.15) is 25.3 Å². The van der Waals surface area contributed by atoms with Gasteiger partial charge in [-0.3, -0.25) is 10.1 Å². The molecule has 0 heterocycles. The summed E-state index contributed by atoms with van der Waals surface area (Å²) in [4.78, 5) is 23.8. The quantitative estimate of drug-likeness (QED) is 0.636. The van der Waals surface area contributed by atoms with Gasteiger partial charge in [-0.05, 0) is 41.8 Å². The lowest BCUT2D eigenvalue weighted by Gasteiger charge is -2.11. The van der Waals surface area contributed by atoms with Crippen LogP contribution >= 0.6 is 0 Å². The maximum atomic E-state index is 12.2. The van der Waals surface area contributed by atoms with E-state index in [0.29, 0.717) is 29.6 Å². The fourth-order valence-electron chi connectivity index (χ4n) is 2.36. The molecule has 28 heavy (non-hydrogen) atoms. The monoisotopic (exact) mass is 386 g/mol. The van der Waals surface area contributed by atoms with Gasteiger partial charge in [0.1, 0.15) is 12.4 Å². The van der Waals surface area contributed by atoms with Crippen molar-refractivity contribution in [1.29, 1.82) is 0 Å². The Morgan fingerprint density at radius 1 is 0.964 bits per heavy atom. The van der Waals surface area contributed by atoms with Gasteiger partial charge in [0.05, 0.1) is 6.61 Å². The first-order valence-corrected chi connectivity index (χ1v) is 9.03. The Morgan fingerprint density at radius 2 is 1.68 bits per heavy atom. The molecule has 2 aromatic rings. The zero-order valence-corrected chi connectivity index (χ0v) is 16.4. The van der Waals surface area contributed by atoms with Crippen LogP contribution in [0.5, 0.6) is 5.75 Å². The molecule has 0 saturated carbocycles. The van der Waals surface area contributed by atoms with Gasteiger partial charge >= 0.3 is 6.09 Å². The number of methoxy groups -OCH3 is 1. The Morgan fingerprint density at radius 3 is 2.39 bits per heavy atom. The van der Waals surface area contributed by atoms with Crippen LogP contribution in [0.2, 0.25) is 0 Å². The lowest BCUT2D eigenvalue weighted by Crippen LogP contribution is -2.20. The molecule has 7 nitrogen and oxygen atoms in total. The van der Waals surface area contributed by atoms with Crippen molar-refractivity contribution >= 4 is 23.4 Å². The highest BCUT2D eigenvalue weighted by Crippen LogP contribution is 2.20. The summed E-state index contributed by atoms with van der Waals surface area (Å²) < 4.78 is 15.3. The van der Waals surface area contributed by atoms with Crippen LogP contribution in [0.15, 0.2) is 48.5 Å². The predicted octanol–water partition coefficient (Wildman–Crippen LogP) is 4.02. The molecule has 150 valence electrons. The molecule has 2 rings (SSSR count). The Balaban J connectivity index is 1.85. The van der Waals surface area contributed by atoms with Crippen molar-refractivity contribution in [2.45, 2.75) is 19.8 Å². The number of carbonyl (C=O) groups excluding carboxylic acids is 2. The molecule has 7 heteroatoms. The minimum Gasteiger partial charge on any atom is -0.484 e. The van der Waals surface area contributed by atoms with Crippen molar-refractivity contribution in [1.82, 2.24) is 0 Å². The summed E-state index contributed by atoms with van der Waals surface area (Å²) in [5.74, 6) is 0.735. The Labute approximate surface area is 165 Å². The van der Waals surface area contributed by atoms with Gasteiger partial charge < -0.3 is 19.5 Å². The lowest BCUT2D eigenvalue weighted by molar-refractivity contribution is -0.118. The number of hydrogen-bond acceptors (Lipinski definition) is 5. The highest BCUT2D eigenvalue weighted by atomic mass is 16.6. The first-order chi connectivity index (χ1) is 13.5. The number of ether oxygens (including phenoxy) is 3. The molecule has 0 aliphatic carbocycles. The molecule has 0 radical (unpaired) electrons. The number of anilines is 2. The van der Waals surface area contributed by atoms with E-state index in [9.17, 15) is 9.59 Å². The predicted molar refractivity (Wildman–Crippen MR) is 108 cm³/mol. The summed E-state index contributed by atoms with van der Waals surface area (Å²) in [6, 6.07) is 14.4. The van der Waals surface area contributed by atoms with Crippen LogP contribution < -0.4 is 15.4 Å². The van der Waals surface area contributed by atoms with Gasteiger partial charge in [-0.15, -0.1) is 0 Å². The van der Waals surface area contributed by atoms with Gasteiger partial charge in [-0.1, -0.05) is 32.0 Å². The number of amides is 2. The maximum absolute atomic E-state index is 12.2. The van der Waals surface area contributed by atoms with Gasteiger partial charge in [-0.2, -0.15) is 0 Å². The van der Waals surface area contributed by atoms with Crippen molar-refractivity contribution in [3.8, 4) is 5.75 Å². The number of carbonyl (C=O) groups is 2. The minimum absolute atomic E-state index is 0.113. The van der Waals surface area contributed by atoms with Crippen molar-refractivity contribution in [2.75, 3.05) is 37.6 Å². The van der Waals surface area contributed by atoms with E-state index in [1.54, 1.807) is 24.3 Å². The van der Waals surface area contributed by atoms with Gasteiger partial charge in [0, 0.05) is 18.5 Å². The van der Waals surface area contributed by atoms with Crippen molar-refractivity contribution in [3.63, 3.8) is 0 Å². The summed E-state index contributed by atoms with van der Waals surface area (Å²) in [6.45, 7) is 4.57. The average Bonchev–Trinajstić information content (AvgIpc) is 2.67. The van der Waals surface area contributed by atoms with Crippen LogP contribution in [0.3, 0.4) is 0 Å². The van der Waals surface area contributed by atoms with E-state index in [0.717, 1.165) is 5.56 Å². The summed E-state index contributed by atoms with van der Waals surface area (Å²) in [5, 5.41) is 5.33. The van der Waals surface area contributed by atoms with Crippen LogP contribution in [0.4, 0.5) is 16.2 Å². The summed E-state index contributed by atoms with van der Waals surface area (Å²) in [7, 11) is 1.53. The van der Waals surface area contributed by atoms with Crippen LogP contribution in [0.25, 0.3) is 0 Å². The van der Waals surface area contributed by atoms with E-state index in [1.807, 2.05) is 24.3 Å². The number of benzene rings is 2. The summed E-state index contributed by atoms with van der Waals surface area (Å²) in [5.41, 5.74) is 2.19. The van der Waals surface area contributed by atoms with Gasteiger partial charge in [0.2, 0.25) is 0 Å². The fourth-order valence-corrected chi connectivity index (χ4v) is 2.36. The second kappa shape index (κ2) is 10.9. The fraction of sp³-hybridized carbons (Fsp3) is 0.333. The first kappa shape index (κ1) is 21.2. The van der Waals surface area contributed by atoms with E-state index in [2.05, 4.69) is 24.5 Å². The van der Waals surface area contributed by atoms with Gasteiger partial charge in [0.15, 0.2) is 6.61 Å². The maximum Gasteiger partial charge on any atom is 0.411 e. The third-order valence-electron chi connectivity index (χ3n) is 3.81. The van der Waals surface area contributed by atoms with Crippen molar-refractivity contribution in [2.24, 2.45) is 0 Å². The topological polar surface area (TPSA) is 85.9 Å². The van der Waals surface area contributed by atoms with E-state index in [-0.39, 0.29) is 19.1 Å². The Bertz CT molecular complexity index is 792. The molecule has 0 aliphatic rings. The standard InChI is InChI=1S/C21H26N2O5/c1-15(2)16-6-4-9-19(12-16)28-14-20(24)22-17-7-5-8-18(13-17)23-21(25)27-11-10-26-3/h4-9,12-13,15H,10-11,14H2,1-3H3,(H,22,24)(H,23,25). The zero-order valence-electron chi connectivity index (χ0n) is 16.4. The minimum atomic E-state index is -0.589. The smallest absolute Gasteiger partial charge is 0.411 e. The number of hydrogen-bond donors (Lipinski definition) is 2. The van der Waals surface area contributed by atoms with E-state index >= 15 is 0 Å². The molecular weight excluding hydrogens is 360 g/mol. The van der Waals surface area contributed by atoms with E-state index in [1.165, 1.54) is 7.11 Å². The molecular formula is C21H26N2O5. The van der Waals surface area contributed by atoms with Crippen LogP contribution in [-0.2, 0) is 14.3 Å². The second-order valence-corrected chi connectivity index (χ2v) is 6.40.